The van der Waals surface area contributed by atoms with Crippen molar-refractivity contribution in [3.8, 4) is 40.0 Å². The molecular weight excluding hydrogens is 1010 g/mol. The highest BCUT2D eigenvalue weighted by molar-refractivity contribution is 5.96. The van der Waals surface area contributed by atoms with Gasteiger partial charge >= 0.3 is 5.97 Å². The molecule has 4 aliphatic rings. The summed E-state index contributed by atoms with van der Waals surface area (Å²) in [5, 5.41) is 16.9. The van der Waals surface area contributed by atoms with E-state index in [-0.39, 0.29) is 49.0 Å². The van der Waals surface area contributed by atoms with Crippen LogP contribution >= 0.6 is 0 Å². The Bertz CT molecular complexity index is 3220. The Morgan fingerprint density at radius 2 is 1.79 bits per heavy atom. The van der Waals surface area contributed by atoms with Crippen LogP contribution in [-0.4, -0.2) is 155 Å². The number of nitrogen functional groups attached to an aromatic ring is 1. The van der Waals surface area contributed by atoms with Crippen LogP contribution in [0.25, 0.3) is 33.3 Å². The van der Waals surface area contributed by atoms with Crippen LogP contribution in [0, 0.1) is 23.2 Å². The van der Waals surface area contributed by atoms with E-state index in [4.69, 9.17) is 24.9 Å². The molecule has 3 fully saturated rings. The number of methoxy groups -OCH3 is 1. The number of aromatic hydroxyl groups is 1. The fraction of sp³-hybridized carbons (Fsp3) is 0.484. The summed E-state index contributed by atoms with van der Waals surface area (Å²) < 4.78 is 20.5. The summed E-state index contributed by atoms with van der Waals surface area (Å²) in [4.78, 5) is 81.1. The van der Waals surface area contributed by atoms with Crippen molar-refractivity contribution in [1.29, 1.82) is 0 Å². The molecule has 2 aromatic heterocycles. The van der Waals surface area contributed by atoms with Gasteiger partial charge in [0.05, 0.1) is 37.2 Å². The molecule has 0 spiro atoms. The van der Waals surface area contributed by atoms with Gasteiger partial charge in [-0.05, 0) is 116 Å². The number of nitrogens with two attached hydrogens (primary N) is 1. The molecule has 18 nitrogen and oxygen atoms in total. The van der Waals surface area contributed by atoms with Gasteiger partial charge in [-0.25, -0.2) is 5.43 Å². The number of ether oxygens (including phenoxy) is 3. The van der Waals surface area contributed by atoms with E-state index in [2.05, 4.69) is 66.1 Å². The number of phenolic OH excluding ortho intramolecular Hbond substituents is 1. The molecule has 3 saturated heterocycles. The number of benzene rings is 3. The number of hydrogen-bond donors (Lipinski definition) is 4. The third-order valence-corrected chi connectivity index (χ3v) is 16.2. The number of piperazine rings is 1. The number of hydrogen-bond acceptors (Lipinski definition) is 13. The molecule has 18 heteroatoms. The molecule has 0 saturated carbocycles. The minimum absolute atomic E-state index is 0.0318. The first-order chi connectivity index (χ1) is 38.2. The van der Waals surface area contributed by atoms with E-state index in [1.165, 1.54) is 9.91 Å². The highest BCUT2D eigenvalue weighted by Gasteiger charge is 2.42. The molecular formula is C62H77N9O9. The lowest BCUT2D eigenvalue weighted by Gasteiger charge is -2.37. The van der Waals surface area contributed by atoms with Crippen LogP contribution in [0.5, 0.6) is 5.75 Å². The normalized spacial score (nSPS) is 21.6. The third kappa shape index (κ3) is 12.4. The van der Waals surface area contributed by atoms with Crippen molar-refractivity contribution in [1.82, 2.24) is 40.0 Å². The van der Waals surface area contributed by atoms with Gasteiger partial charge in [-0.1, -0.05) is 63.8 Å². The van der Waals surface area contributed by atoms with E-state index >= 15 is 0 Å². The number of aromatic nitrogens is 2. The number of amides is 4. The van der Waals surface area contributed by atoms with Crippen molar-refractivity contribution in [2.24, 2.45) is 11.3 Å². The molecule has 6 heterocycles. The van der Waals surface area contributed by atoms with E-state index < -0.39 is 53.5 Å². The number of nitrogens with zero attached hydrogens (tertiary/aromatic N) is 6. The van der Waals surface area contributed by atoms with E-state index in [0.29, 0.717) is 80.8 Å². The molecule has 5 aromatic rings. The van der Waals surface area contributed by atoms with Crippen LogP contribution in [0.3, 0.4) is 0 Å². The van der Waals surface area contributed by atoms with E-state index in [9.17, 15) is 29.1 Å². The molecule has 424 valence electrons. The number of esters is 1. The standard InChI is InChI=1S/C62H77N9O9/c1-10-70-52-20-17-42-32-47(52)49(56(70)48-29-39(34-64-54(48)38(4)78-9)13-11-22-69-25-24-67(7)53(73)35-69)33-62(5,6)36-80-61(77)50-14-12-23-71(66-50)59(75)51(30-40-27-43(42)31-45(72)28-40)65-58(74)55(37(2)3)68(8)60(76)57-46(21-26-79-57)41-15-18-44(63)19-16-41/h15-20,27-29,31-32,34,37-38,46,50-51,55,57,66,72H,10,12,14,21-26,30,33,35-36,63H2,1-9H3,(H,65,74). The Morgan fingerprint density at radius 3 is 2.51 bits per heavy atom. The molecule has 9 rings (SSSR count). The number of anilines is 1. The predicted molar refractivity (Wildman–Crippen MR) is 306 cm³/mol. The molecule has 80 heavy (non-hydrogen) atoms. The van der Waals surface area contributed by atoms with Gasteiger partial charge < -0.3 is 44.7 Å². The molecule has 4 aliphatic heterocycles. The Labute approximate surface area is 469 Å². The number of hydrazine groups is 1. The van der Waals surface area contributed by atoms with Crippen molar-refractivity contribution in [2.75, 3.05) is 72.9 Å². The second-order valence-corrected chi connectivity index (χ2v) is 23.1. The van der Waals surface area contributed by atoms with Crippen LogP contribution < -0.4 is 16.5 Å². The van der Waals surface area contributed by atoms with Gasteiger partial charge in [-0.2, -0.15) is 0 Å². The lowest BCUT2D eigenvalue weighted by Crippen LogP contribution is -2.62. The monoisotopic (exact) mass is 1090 g/mol. The quantitative estimate of drug-likeness (QED) is 0.0659. The lowest BCUT2D eigenvalue weighted by molar-refractivity contribution is -0.155. The summed E-state index contributed by atoms with van der Waals surface area (Å²) >= 11 is 0. The topological polar surface area (TPSA) is 214 Å². The van der Waals surface area contributed by atoms with Crippen LogP contribution in [0.1, 0.15) is 101 Å². The Morgan fingerprint density at radius 1 is 1.01 bits per heavy atom. The zero-order valence-corrected chi connectivity index (χ0v) is 47.6. The van der Waals surface area contributed by atoms with Crippen molar-refractivity contribution in [3.63, 3.8) is 0 Å². The smallest absolute Gasteiger partial charge is 0.324 e. The number of aryl methyl sites for hydroxylation is 1. The maximum absolute atomic E-state index is 15.0. The Kier molecular flexibility index (Phi) is 17.4. The average molecular weight is 1090 g/mol. The van der Waals surface area contributed by atoms with Crippen LogP contribution in [0.2, 0.25) is 0 Å². The van der Waals surface area contributed by atoms with Gasteiger partial charge in [0.25, 0.3) is 11.8 Å². The summed E-state index contributed by atoms with van der Waals surface area (Å²) in [5.74, 6) is 4.16. The number of fused-ring (bicyclic) bond motifs is 6. The van der Waals surface area contributed by atoms with Gasteiger partial charge in [0.1, 0.15) is 30.0 Å². The van der Waals surface area contributed by atoms with Gasteiger partial charge in [-0.15, -0.1) is 0 Å². The van der Waals surface area contributed by atoms with Crippen LogP contribution in [0.15, 0.2) is 72.9 Å². The van der Waals surface area contributed by atoms with E-state index in [0.717, 1.165) is 51.1 Å². The minimum Gasteiger partial charge on any atom is -0.508 e. The maximum atomic E-state index is 15.0. The Hall–Kier alpha value is -7.30. The molecule has 5 N–H and O–H groups in total. The van der Waals surface area contributed by atoms with Crippen LogP contribution in [-0.2, 0) is 57.6 Å². The van der Waals surface area contributed by atoms with Crippen LogP contribution in [0.4, 0.5) is 5.69 Å². The summed E-state index contributed by atoms with van der Waals surface area (Å²) in [7, 11) is 5.07. The van der Waals surface area contributed by atoms with Gasteiger partial charge in [-0.3, -0.25) is 38.9 Å². The van der Waals surface area contributed by atoms with Gasteiger partial charge in [0.2, 0.25) is 11.8 Å². The number of carbonyl (C=O) groups is 5. The Balaban J connectivity index is 1.11. The molecule has 4 amide bonds. The molecule has 6 unspecified atom stereocenters. The third-order valence-electron chi connectivity index (χ3n) is 16.2. The van der Waals surface area contributed by atoms with E-state index in [1.54, 1.807) is 49.5 Å². The molecule has 6 atom stereocenters. The molecule has 3 aromatic carbocycles. The highest BCUT2D eigenvalue weighted by Crippen LogP contribution is 2.43. The van der Waals surface area contributed by atoms with E-state index in [1.807, 2.05) is 57.0 Å². The summed E-state index contributed by atoms with van der Waals surface area (Å²) in [5.41, 5.74) is 17.2. The first kappa shape index (κ1) is 57.4. The first-order valence-electron chi connectivity index (χ1n) is 28.0. The number of likely N-dealkylation sites (N-methyl/N-ethyl adjacent to an activating group) is 2. The fourth-order valence-electron chi connectivity index (χ4n) is 11.8. The second-order valence-electron chi connectivity index (χ2n) is 23.1. The van der Waals surface area contributed by atoms with Crippen molar-refractivity contribution >= 4 is 46.2 Å². The number of carbonyl (C=O) groups excluding carboxylic acids is 5. The zero-order chi connectivity index (χ0) is 57.2. The fourth-order valence-corrected chi connectivity index (χ4v) is 11.8. The number of cyclic esters (lactones) is 1. The highest BCUT2D eigenvalue weighted by atomic mass is 16.5. The SMILES string of the molecule is CCn1c(-c2cc(C#CCN3CCN(C)C(=O)C3)cnc2C(C)OC)c2c3cc(ccc31)-c1cc(O)cc(c1)CC(NC(=O)C(C(C)C)N(C)C(=O)C1OCCC1c1ccc(N)cc1)C(=O)N1CCCC(N1)C(=O)OCC(C)(C)C2. The maximum Gasteiger partial charge on any atom is 0.324 e. The molecule has 0 radical (unpaired) electrons. The zero-order valence-electron chi connectivity index (χ0n) is 47.6. The summed E-state index contributed by atoms with van der Waals surface area (Å²) in [6, 6.07) is 17.8. The largest absolute Gasteiger partial charge is 0.508 e. The number of phenols is 1. The van der Waals surface area contributed by atoms with Crippen molar-refractivity contribution < 1.29 is 43.3 Å². The minimum atomic E-state index is -1.20. The molecule has 6 bridgehead atoms. The number of nitrogens with one attached hydrogen (secondary N) is 2. The van der Waals surface area contributed by atoms with Gasteiger partial charge in [0, 0.05) is 106 Å². The van der Waals surface area contributed by atoms with Crippen molar-refractivity contribution in [2.45, 2.75) is 116 Å². The lowest BCUT2D eigenvalue weighted by atomic mass is 9.84. The summed E-state index contributed by atoms with van der Waals surface area (Å²) in [6.07, 6.45) is 2.49. The predicted octanol–water partition coefficient (Wildman–Crippen LogP) is 6.22. The van der Waals surface area contributed by atoms with Gasteiger partial charge in [0.15, 0.2) is 0 Å². The molecule has 0 aliphatic carbocycles. The summed E-state index contributed by atoms with van der Waals surface area (Å²) in [6.45, 7) is 15.3. The number of rotatable bonds is 11. The second kappa shape index (κ2) is 24.2. The number of pyridine rings is 1. The average Bonchev–Trinajstić information content (AvgIpc) is 4.20. The van der Waals surface area contributed by atoms with Crippen molar-refractivity contribution in [3.05, 3.63) is 101 Å². The first-order valence-corrected chi connectivity index (χ1v) is 28.0.